The molecule has 0 heterocycles. The first kappa shape index (κ1) is 29.9. The third-order valence-electron chi connectivity index (χ3n) is 11.7. The highest BCUT2D eigenvalue weighted by molar-refractivity contribution is 5.74. The zero-order valence-electron chi connectivity index (χ0n) is 25.9. The first-order valence-corrected chi connectivity index (χ1v) is 16.4. The van der Waals surface area contributed by atoms with Gasteiger partial charge in [-0.1, -0.05) is 65.5 Å². The van der Waals surface area contributed by atoms with E-state index in [-0.39, 0.29) is 18.2 Å². The second kappa shape index (κ2) is 12.6. The van der Waals surface area contributed by atoms with Crippen molar-refractivity contribution in [3.63, 3.8) is 0 Å². The number of allylic oxidation sites excluding steroid dienone is 1. The van der Waals surface area contributed by atoms with E-state index >= 15 is 0 Å². The summed E-state index contributed by atoms with van der Waals surface area (Å²) in [5.74, 6) is 5.26. The van der Waals surface area contributed by atoms with Crippen molar-refractivity contribution in [2.45, 2.75) is 138 Å². The van der Waals surface area contributed by atoms with E-state index in [1.807, 2.05) is 13.8 Å². The molecule has 2 unspecified atom stereocenters. The predicted molar refractivity (Wildman–Crippen MR) is 159 cm³/mol. The normalized spacial score (nSPS) is 37.3. The highest BCUT2D eigenvalue weighted by Crippen LogP contribution is 2.67. The van der Waals surface area contributed by atoms with E-state index in [2.05, 4.69) is 51.3 Å². The van der Waals surface area contributed by atoms with Crippen molar-refractivity contribution in [1.82, 2.24) is 10.6 Å². The Bertz CT molecular complexity index is 821. The number of carbonyl (C=O) groups excluding carboxylic acids is 1. The molecule has 38 heavy (non-hydrogen) atoms. The Hall–Kier alpha value is -1.03. The van der Waals surface area contributed by atoms with Gasteiger partial charge in [-0.2, -0.15) is 0 Å². The van der Waals surface area contributed by atoms with Gasteiger partial charge in [0, 0.05) is 19.2 Å². The van der Waals surface area contributed by atoms with Gasteiger partial charge in [-0.05, 0) is 118 Å². The van der Waals surface area contributed by atoms with Crippen LogP contribution in [0.2, 0.25) is 0 Å². The number of urea groups is 1. The van der Waals surface area contributed by atoms with Gasteiger partial charge in [0.2, 0.25) is 0 Å². The van der Waals surface area contributed by atoms with E-state index in [1.165, 1.54) is 57.8 Å². The minimum absolute atomic E-state index is 0.00891. The lowest BCUT2D eigenvalue weighted by Gasteiger charge is -2.58. The molecule has 0 radical (unpaired) electrons. The summed E-state index contributed by atoms with van der Waals surface area (Å²) in [6.45, 7) is 18.1. The molecule has 4 aliphatic carbocycles. The van der Waals surface area contributed by atoms with Crippen LogP contribution in [0.4, 0.5) is 4.79 Å². The number of rotatable bonds is 11. The second-order valence-corrected chi connectivity index (χ2v) is 14.9. The van der Waals surface area contributed by atoms with Crippen molar-refractivity contribution in [1.29, 1.82) is 0 Å². The third-order valence-corrected chi connectivity index (χ3v) is 11.7. The average Bonchev–Trinajstić information content (AvgIpc) is 3.21. The molecular formula is C34H60N2O2. The van der Waals surface area contributed by atoms with Crippen molar-refractivity contribution in [3.8, 4) is 0 Å². The summed E-state index contributed by atoms with van der Waals surface area (Å²) >= 11 is 0. The van der Waals surface area contributed by atoms with Gasteiger partial charge >= 0.3 is 6.03 Å². The number of amides is 2. The highest BCUT2D eigenvalue weighted by atomic mass is 16.5. The zero-order valence-corrected chi connectivity index (χ0v) is 25.9. The minimum atomic E-state index is -0.00891. The smallest absolute Gasteiger partial charge is 0.315 e. The molecule has 218 valence electrons. The van der Waals surface area contributed by atoms with Crippen LogP contribution in [0.15, 0.2) is 11.6 Å². The fourth-order valence-corrected chi connectivity index (χ4v) is 9.64. The van der Waals surface area contributed by atoms with E-state index in [0.717, 1.165) is 54.8 Å². The Kier molecular flexibility index (Phi) is 9.97. The van der Waals surface area contributed by atoms with Gasteiger partial charge in [-0.3, -0.25) is 0 Å². The molecule has 3 fully saturated rings. The van der Waals surface area contributed by atoms with Crippen LogP contribution < -0.4 is 10.6 Å². The summed E-state index contributed by atoms with van der Waals surface area (Å²) in [4.78, 5) is 12.5. The monoisotopic (exact) mass is 528 g/mol. The van der Waals surface area contributed by atoms with Gasteiger partial charge < -0.3 is 15.4 Å². The summed E-state index contributed by atoms with van der Waals surface area (Å²) in [6, 6.07) is 0.263. The van der Waals surface area contributed by atoms with Crippen LogP contribution in [0, 0.1) is 46.3 Å². The summed E-state index contributed by atoms with van der Waals surface area (Å²) in [5, 5.41) is 6.34. The third kappa shape index (κ3) is 6.47. The van der Waals surface area contributed by atoms with Crippen LogP contribution in [0.5, 0.6) is 0 Å². The van der Waals surface area contributed by atoms with Crippen molar-refractivity contribution in [2.75, 3.05) is 13.2 Å². The van der Waals surface area contributed by atoms with E-state index in [4.69, 9.17) is 4.74 Å². The van der Waals surface area contributed by atoms with Crippen LogP contribution in [-0.2, 0) is 4.74 Å². The Labute approximate surface area is 234 Å². The van der Waals surface area contributed by atoms with Gasteiger partial charge in [0.15, 0.2) is 0 Å². The number of fused-ring (bicyclic) bond motifs is 5. The minimum Gasteiger partial charge on any atom is -0.379 e. The topological polar surface area (TPSA) is 50.4 Å². The molecule has 0 bridgehead atoms. The molecule has 0 spiro atoms. The maximum atomic E-state index is 12.5. The fraction of sp³-hybridized carbons (Fsp3) is 0.912. The predicted octanol–water partition coefficient (Wildman–Crippen LogP) is 8.51. The standard InChI is InChI=1S/C34H60N2O2/c1-23(2)10-8-11-25(5)29-14-15-30-28-13-12-26-22-27(36-32(37)35-20-9-21-38-24(3)4)16-18-33(26,6)31(28)17-19-34(29,30)7/h12,23-25,27-31H,8-11,13-22H2,1-7H3,(H2,35,36,37)/t25?,27-,28-,29?,30-,31-,33-,34+/m0/s1. The Morgan fingerprint density at radius 3 is 2.53 bits per heavy atom. The zero-order chi connectivity index (χ0) is 27.5. The largest absolute Gasteiger partial charge is 0.379 e. The van der Waals surface area contributed by atoms with Crippen molar-refractivity contribution in [2.24, 2.45) is 46.3 Å². The molecule has 0 saturated heterocycles. The molecule has 4 rings (SSSR count). The van der Waals surface area contributed by atoms with Crippen LogP contribution >= 0.6 is 0 Å². The molecule has 4 heteroatoms. The van der Waals surface area contributed by atoms with Gasteiger partial charge in [0.1, 0.15) is 0 Å². The van der Waals surface area contributed by atoms with E-state index in [1.54, 1.807) is 5.57 Å². The molecule has 3 saturated carbocycles. The molecular weight excluding hydrogens is 468 g/mol. The summed E-state index contributed by atoms with van der Waals surface area (Å²) in [7, 11) is 0. The number of ether oxygens (including phenoxy) is 1. The van der Waals surface area contributed by atoms with Crippen molar-refractivity contribution < 1.29 is 9.53 Å². The quantitative estimate of drug-likeness (QED) is 0.209. The molecule has 2 amide bonds. The first-order chi connectivity index (χ1) is 18.0. The SMILES string of the molecule is CC(C)CCCC(C)C1CC[C@H]2[C@@H]3CC=C4C[C@@H](NC(=O)NCCCOC(C)C)CC[C@]4(C)[C@H]3CC[C@]12C. The van der Waals surface area contributed by atoms with E-state index in [9.17, 15) is 4.79 Å². The number of hydrogen-bond donors (Lipinski definition) is 2. The lowest BCUT2D eigenvalue weighted by atomic mass is 9.47. The lowest BCUT2D eigenvalue weighted by Crippen LogP contribution is -2.52. The Morgan fingerprint density at radius 2 is 1.79 bits per heavy atom. The van der Waals surface area contributed by atoms with Gasteiger partial charge in [0.25, 0.3) is 0 Å². The maximum absolute atomic E-state index is 12.5. The average molecular weight is 529 g/mol. The summed E-state index contributed by atoms with van der Waals surface area (Å²) in [5.41, 5.74) is 2.55. The first-order valence-electron chi connectivity index (χ1n) is 16.4. The molecule has 8 atom stereocenters. The molecule has 4 aliphatic rings. The fourth-order valence-electron chi connectivity index (χ4n) is 9.64. The molecule has 0 aromatic rings. The molecule has 0 aliphatic heterocycles. The van der Waals surface area contributed by atoms with Gasteiger partial charge in [-0.15, -0.1) is 0 Å². The van der Waals surface area contributed by atoms with Crippen LogP contribution in [-0.4, -0.2) is 31.3 Å². The lowest BCUT2D eigenvalue weighted by molar-refractivity contribution is -0.0512. The number of nitrogens with one attached hydrogen (secondary N) is 2. The van der Waals surface area contributed by atoms with Crippen molar-refractivity contribution >= 4 is 6.03 Å². The molecule has 0 aromatic heterocycles. The Morgan fingerprint density at radius 1 is 1.00 bits per heavy atom. The van der Waals surface area contributed by atoms with Crippen LogP contribution in [0.3, 0.4) is 0 Å². The van der Waals surface area contributed by atoms with Gasteiger partial charge in [-0.25, -0.2) is 4.79 Å². The summed E-state index contributed by atoms with van der Waals surface area (Å²) < 4.78 is 5.58. The van der Waals surface area contributed by atoms with E-state index in [0.29, 0.717) is 24.0 Å². The van der Waals surface area contributed by atoms with Crippen molar-refractivity contribution in [3.05, 3.63) is 11.6 Å². The Balaban J connectivity index is 1.32. The van der Waals surface area contributed by atoms with Gasteiger partial charge in [0.05, 0.1) is 6.10 Å². The van der Waals surface area contributed by atoms with Crippen LogP contribution in [0.25, 0.3) is 0 Å². The molecule has 4 nitrogen and oxygen atoms in total. The van der Waals surface area contributed by atoms with E-state index < -0.39 is 0 Å². The molecule has 0 aromatic carbocycles. The number of carbonyl (C=O) groups is 1. The van der Waals surface area contributed by atoms with Crippen LogP contribution in [0.1, 0.15) is 126 Å². The molecule has 2 N–H and O–H groups in total. The number of hydrogen-bond acceptors (Lipinski definition) is 2. The maximum Gasteiger partial charge on any atom is 0.315 e. The highest BCUT2D eigenvalue weighted by Gasteiger charge is 2.59. The summed E-state index contributed by atoms with van der Waals surface area (Å²) in [6.07, 6.45) is 18.4. The second-order valence-electron chi connectivity index (χ2n) is 14.9.